The van der Waals surface area contributed by atoms with E-state index in [9.17, 15) is 9.59 Å². The number of nitrogens with zero attached hydrogens (tertiary/aromatic N) is 2. The number of thioether (sulfide) groups is 1. The van der Waals surface area contributed by atoms with Gasteiger partial charge in [0.1, 0.15) is 0 Å². The molecule has 1 aliphatic rings. The zero-order valence-corrected chi connectivity index (χ0v) is 16.8. The largest absolute Gasteiger partial charge is 0.459 e. The lowest BCUT2D eigenvalue weighted by atomic mass is 10.1. The fraction of sp³-hybridized carbons (Fsp3) is 0.217. The average Bonchev–Trinajstić information content (AvgIpc) is 3.27. The Kier molecular flexibility index (Phi) is 6.00. The summed E-state index contributed by atoms with van der Waals surface area (Å²) >= 11 is 1.67. The molecule has 1 aromatic heterocycles. The van der Waals surface area contributed by atoms with Crippen molar-refractivity contribution in [3.63, 3.8) is 0 Å². The van der Waals surface area contributed by atoms with Gasteiger partial charge < -0.3 is 14.2 Å². The number of furan rings is 1. The molecule has 1 saturated heterocycles. The third-order valence-corrected chi connectivity index (χ3v) is 6.01. The molecular weight excluding hydrogens is 384 g/mol. The maximum atomic E-state index is 13.0. The summed E-state index contributed by atoms with van der Waals surface area (Å²) in [5.74, 6) is 0.978. The molecular formula is C23H22N2O3S. The summed E-state index contributed by atoms with van der Waals surface area (Å²) in [7, 11) is 0. The molecule has 0 saturated carbocycles. The topological polar surface area (TPSA) is 53.8 Å². The van der Waals surface area contributed by atoms with Crippen LogP contribution in [-0.2, 0) is 5.75 Å². The Morgan fingerprint density at radius 3 is 2.03 bits per heavy atom. The van der Waals surface area contributed by atoms with Crippen LogP contribution in [0.5, 0.6) is 0 Å². The van der Waals surface area contributed by atoms with Crippen molar-refractivity contribution in [1.82, 2.24) is 9.80 Å². The third kappa shape index (κ3) is 4.54. The van der Waals surface area contributed by atoms with Crippen LogP contribution in [0.25, 0.3) is 0 Å². The van der Waals surface area contributed by atoms with Crippen molar-refractivity contribution in [2.75, 3.05) is 26.2 Å². The first kappa shape index (κ1) is 19.3. The maximum absolute atomic E-state index is 13.0. The van der Waals surface area contributed by atoms with Crippen molar-refractivity contribution in [2.24, 2.45) is 0 Å². The molecule has 0 bridgehead atoms. The monoisotopic (exact) mass is 406 g/mol. The molecule has 0 aliphatic carbocycles. The Hall–Kier alpha value is -2.99. The predicted octanol–water partition coefficient (Wildman–Crippen LogP) is 4.17. The van der Waals surface area contributed by atoms with Crippen LogP contribution < -0.4 is 0 Å². The molecule has 0 unspecified atom stereocenters. The van der Waals surface area contributed by atoms with Gasteiger partial charge >= 0.3 is 0 Å². The van der Waals surface area contributed by atoms with Gasteiger partial charge in [-0.25, -0.2) is 0 Å². The van der Waals surface area contributed by atoms with E-state index in [1.807, 2.05) is 54.6 Å². The first-order valence-electron chi connectivity index (χ1n) is 9.60. The Labute approximate surface area is 174 Å². The van der Waals surface area contributed by atoms with E-state index in [0.717, 1.165) is 10.5 Å². The van der Waals surface area contributed by atoms with Gasteiger partial charge in [-0.1, -0.05) is 36.4 Å². The molecule has 5 nitrogen and oxygen atoms in total. The van der Waals surface area contributed by atoms with Gasteiger partial charge in [0.2, 0.25) is 0 Å². The second kappa shape index (κ2) is 9.01. The van der Waals surface area contributed by atoms with Crippen molar-refractivity contribution >= 4 is 23.6 Å². The Bertz CT molecular complexity index is 964. The molecule has 3 aromatic rings. The SMILES string of the molecule is O=C(c1ccccc1)N1CCN(C(=O)c2occc2CSc2ccccc2)CC1. The zero-order chi connectivity index (χ0) is 20.1. The van der Waals surface area contributed by atoms with E-state index in [0.29, 0.717) is 43.3 Å². The minimum Gasteiger partial charge on any atom is -0.459 e. The van der Waals surface area contributed by atoms with Crippen LogP contribution in [-0.4, -0.2) is 47.8 Å². The highest BCUT2D eigenvalue weighted by Crippen LogP contribution is 2.26. The number of rotatable bonds is 5. The van der Waals surface area contributed by atoms with E-state index in [2.05, 4.69) is 12.1 Å². The lowest BCUT2D eigenvalue weighted by molar-refractivity contribution is 0.0517. The summed E-state index contributed by atoms with van der Waals surface area (Å²) in [4.78, 5) is 30.3. The molecule has 0 atom stereocenters. The molecule has 2 amide bonds. The van der Waals surface area contributed by atoms with Crippen LogP contribution in [0.1, 0.15) is 26.5 Å². The van der Waals surface area contributed by atoms with Gasteiger partial charge in [0.25, 0.3) is 11.8 Å². The summed E-state index contributed by atoms with van der Waals surface area (Å²) < 4.78 is 5.53. The lowest BCUT2D eigenvalue weighted by Gasteiger charge is -2.34. The summed E-state index contributed by atoms with van der Waals surface area (Å²) in [6, 6.07) is 21.2. The zero-order valence-electron chi connectivity index (χ0n) is 16.0. The Morgan fingerprint density at radius 1 is 0.793 bits per heavy atom. The van der Waals surface area contributed by atoms with Crippen molar-refractivity contribution in [2.45, 2.75) is 10.6 Å². The van der Waals surface area contributed by atoms with E-state index < -0.39 is 0 Å². The van der Waals surface area contributed by atoms with E-state index >= 15 is 0 Å². The van der Waals surface area contributed by atoms with Gasteiger partial charge in [0.15, 0.2) is 5.76 Å². The minimum atomic E-state index is -0.106. The number of piperazine rings is 1. The van der Waals surface area contributed by atoms with Crippen molar-refractivity contribution in [3.05, 3.63) is 89.9 Å². The highest BCUT2D eigenvalue weighted by Gasteiger charge is 2.28. The van der Waals surface area contributed by atoms with Crippen LogP contribution in [0.4, 0.5) is 0 Å². The maximum Gasteiger partial charge on any atom is 0.289 e. The highest BCUT2D eigenvalue weighted by atomic mass is 32.2. The molecule has 1 fully saturated rings. The normalized spacial score (nSPS) is 14.1. The highest BCUT2D eigenvalue weighted by molar-refractivity contribution is 7.98. The third-order valence-electron chi connectivity index (χ3n) is 4.95. The summed E-state index contributed by atoms with van der Waals surface area (Å²) in [5, 5.41) is 0. The fourth-order valence-corrected chi connectivity index (χ4v) is 4.23. The average molecular weight is 407 g/mol. The first-order chi connectivity index (χ1) is 14.2. The van der Waals surface area contributed by atoms with Crippen LogP contribution in [0.3, 0.4) is 0 Å². The van der Waals surface area contributed by atoms with Crippen LogP contribution in [0.15, 0.2) is 82.3 Å². The quantitative estimate of drug-likeness (QED) is 0.597. The minimum absolute atomic E-state index is 0.00986. The fourth-order valence-electron chi connectivity index (χ4n) is 3.33. The summed E-state index contributed by atoms with van der Waals surface area (Å²) in [6.45, 7) is 2.05. The number of hydrogen-bond donors (Lipinski definition) is 0. The standard InChI is InChI=1S/C23H22N2O3S/c26-22(18-7-3-1-4-8-18)24-12-14-25(15-13-24)23(27)21-19(11-16-28-21)17-29-20-9-5-2-6-10-20/h1-11,16H,12-15,17H2. The molecule has 6 heteroatoms. The van der Waals surface area contributed by atoms with E-state index in [1.54, 1.807) is 27.8 Å². The van der Waals surface area contributed by atoms with E-state index in [-0.39, 0.29) is 11.8 Å². The Morgan fingerprint density at radius 2 is 1.38 bits per heavy atom. The van der Waals surface area contributed by atoms with Gasteiger partial charge in [-0.3, -0.25) is 9.59 Å². The second-order valence-corrected chi connectivity index (χ2v) is 7.88. The molecule has 0 radical (unpaired) electrons. The van der Waals surface area contributed by atoms with Crippen molar-refractivity contribution in [3.8, 4) is 0 Å². The van der Waals surface area contributed by atoms with Crippen LogP contribution >= 0.6 is 11.8 Å². The predicted molar refractivity (Wildman–Crippen MR) is 113 cm³/mol. The number of amides is 2. The molecule has 29 heavy (non-hydrogen) atoms. The van der Waals surface area contributed by atoms with Gasteiger partial charge in [-0.2, -0.15) is 0 Å². The van der Waals surface area contributed by atoms with Crippen LogP contribution in [0, 0.1) is 0 Å². The van der Waals surface area contributed by atoms with Gasteiger partial charge in [-0.15, -0.1) is 11.8 Å². The van der Waals surface area contributed by atoms with Gasteiger partial charge in [0.05, 0.1) is 6.26 Å². The molecule has 1 aliphatic heterocycles. The smallest absolute Gasteiger partial charge is 0.289 e. The number of hydrogen-bond acceptors (Lipinski definition) is 4. The van der Waals surface area contributed by atoms with Crippen molar-refractivity contribution < 1.29 is 14.0 Å². The summed E-state index contributed by atoms with van der Waals surface area (Å²) in [6.07, 6.45) is 1.57. The second-order valence-electron chi connectivity index (χ2n) is 6.83. The van der Waals surface area contributed by atoms with Crippen LogP contribution in [0.2, 0.25) is 0 Å². The number of carbonyl (C=O) groups excluding carboxylic acids is 2. The first-order valence-corrected chi connectivity index (χ1v) is 10.6. The van der Waals surface area contributed by atoms with Crippen molar-refractivity contribution in [1.29, 1.82) is 0 Å². The summed E-state index contributed by atoms with van der Waals surface area (Å²) in [5.41, 5.74) is 1.57. The molecule has 148 valence electrons. The molecule has 2 aromatic carbocycles. The lowest BCUT2D eigenvalue weighted by Crippen LogP contribution is -2.50. The Balaban J connectivity index is 1.35. The van der Waals surface area contributed by atoms with E-state index in [4.69, 9.17) is 4.42 Å². The van der Waals surface area contributed by atoms with E-state index in [1.165, 1.54) is 0 Å². The molecule has 0 spiro atoms. The molecule has 2 heterocycles. The molecule has 4 rings (SSSR count). The van der Waals surface area contributed by atoms with Gasteiger partial charge in [0, 0.05) is 48.0 Å². The van der Waals surface area contributed by atoms with Gasteiger partial charge in [-0.05, 0) is 30.3 Å². The number of benzene rings is 2. The molecule has 0 N–H and O–H groups in total. The number of carbonyl (C=O) groups is 2.